The number of rotatable bonds is 7. The summed E-state index contributed by atoms with van der Waals surface area (Å²) >= 11 is 4.14. The first-order valence-corrected chi connectivity index (χ1v) is 6.58. The molecule has 0 aliphatic carbocycles. The quantitative estimate of drug-likeness (QED) is 0.437. The molecule has 0 aromatic rings. The van der Waals surface area contributed by atoms with Gasteiger partial charge in [0.1, 0.15) is 0 Å². The zero-order chi connectivity index (χ0) is 8.53. The molecule has 0 aliphatic rings. The van der Waals surface area contributed by atoms with E-state index in [-0.39, 0.29) is 52.8 Å². The van der Waals surface area contributed by atoms with Crippen molar-refractivity contribution in [2.75, 3.05) is 19.0 Å². The first-order valence-electron chi connectivity index (χ1n) is 4.19. The molecule has 0 heterocycles. The number of hydrogen-bond acceptors (Lipinski definition) is 3. The van der Waals surface area contributed by atoms with Crippen molar-refractivity contribution in [1.82, 2.24) is 0 Å². The van der Waals surface area contributed by atoms with Crippen molar-refractivity contribution in [3.8, 4) is 0 Å². The second kappa shape index (κ2) is 13.1. The third kappa shape index (κ3) is 10.2. The van der Waals surface area contributed by atoms with Crippen LogP contribution in [0.1, 0.15) is 21.7 Å². The van der Waals surface area contributed by atoms with Gasteiger partial charge in [0.25, 0.3) is 0 Å². The summed E-state index contributed by atoms with van der Waals surface area (Å²) in [4.78, 5) is 0. The summed E-state index contributed by atoms with van der Waals surface area (Å²) in [6.45, 7) is 5.59. The van der Waals surface area contributed by atoms with Gasteiger partial charge in [-0.25, -0.2) is 0 Å². The second-order valence-corrected chi connectivity index (χ2v) is 4.76. The second-order valence-electron chi connectivity index (χ2n) is 2.21. The molecule has 0 atom stereocenters. The molecule has 0 amide bonds. The average Bonchev–Trinajstić information content (AvgIpc) is 2.01. The van der Waals surface area contributed by atoms with Crippen LogP contribution in [-0.4, -0.2) is 28.3 Å². The Morgan fingerprint density at radius 3 is 2.08 bits per heavy atom. The van der Waals surface area contributed by atoms with Crippen LogP contribution in [0.5, 0.6) is 0 Å². The Morgan fingerprint density at radius 1 is 1.25 bits per heavy atom. The van der Waals surface area contributed by atoms with E-state index in [1.165, 1.54) is 0 Å². The molecule has 0 N–H and O–H groups in total. The molecule has 0 saturated heterocycles. The summed E-state index contributed by atoms with van der Waals surface area (Å²) in [5.74, 6) is 0.934. The van der Waals surface area contributed by atoms with Gasteiger partial charge in [-0.3, -0.25) is 0 Å². The van der Waals surface area contributed by atoms with Crippen molar-refractivity contribution in [3.63, 3.8) is 0 Å². The Morgan fingerprint density at radius 2 is 1.75 bits per heavy atom. The molecular weight excluding hydrogens is 215 g/mol. The van der Waals surface area contributed by atoms with Crippen molar-refractivity contribution in [1.29, 1.82) is 0 Å². The molecule has 0 fully saturated rings. The van der Waals surface area contributed by atoms with Crippen LogP contribution in [0.25, 0.3) is 0 Å². The monoisotopic (exact) mass is 234 g/mol. The molecule has 0 aliphatic heterocycles. The molecule has 0 unspecified atom stereocenters. The Hall–Kier alpha value is 2.12. The summed E-state index contributed by atoms with van der Waals surface area (Å²) in [6, 6.07) is 1.09. The molecule has 0 bridgehead atoms. The van der Waals surface area contributed by atoms with E-state index in [0.29, 0.717) is 0 Å². The third-order valence-corrected chi connectivity index (χ3v) is 3.91. The minimum absolute atomic E-state index is 0. The van der Waals surface area contributed by atoms with Crippen LogP contribution in [0.4, 0.5) is 0 Å². The van der Waals surface area contributed by atoms with E-state index in [4.69, 9.17) is 8.85 Å². The van der Waals surface area contributed by atoms with Crippen molar-refractivity contribution >= 4 is 21.9 Å². The maximum absolute atomic E-state index is 5.47. The first-order chi connectivity index (χ1) is 5.35. The molecule has 2 nitrogen and oxygen atoms in total. The van der Waals surface area contributed by atoms with Gasteiger partial charge in [-0.1, -0.05) is 0 Å². The smallest absolute Gasteiger partial charge is 1.00 e. The van der Waals surface area contributed by atoms with Crippen molar-refractivity contribution in [2.45, 2.75) is 26.3 Å². The van der Waals surface area contributed by atoms with E-state index in [9.17, 15) is 0 Å². The Kier molecular flexibility index (Phi) is 18.1. The molecule has 12 heavy (non-hydrogen) atoms. The standard InChI is InChI=1S/C7H18O2SSi.K.H/c1-3-8-11(9-4-2)7-5-6-10;;/h10-11H,3-7H2,1-2H3;;/q;+1;-1. The SMILES string of the molecule is CCO[SiH](CCCS)OCC.[H-].[K+]. The van der Waals surface area contributed by atoms with E-state index in [2.05, 4.69) is 12.6 Å². The average molecular weight is 234 g/mol. The molecule has 0 radical (unpaired) electrons. The van der Waals surface area contributed by atoms with Gasteiger partial charge in [0.15, 0.2) is 0 Å². The number of hydrogen-bond donors (Lipinski definition) is 1. The predicted molar refractivity (Wildman–Crippen MR) is 54.8 cm³/mol. The molecule has 0 aromatic carbocycles. The molecular formula is C7H19KO2SSi. The minimum Gasteiger partial charge on any atom is -1.00 e. The van der Waals surface area contributed by atoms with Gasteiger partial charge >= 0.3 is 60.7 Å². The molecule has 0 spiro atoms. The van der Waals surface area contributed by atoms with Crippen LogP contribution in [-0.2, 0) is 8.85 Å². The van der Waals surface area contributed by atoms with Crippen molar-refractivity contribution in [3.05, 3.63) is 0 Å². The molecule has 0 saturated carbocycles. The maximum atomic E-state index is 5.47. The molecule has 70 valence electrons. The minimum atomic E-state index is -1.30. The fourth-order valence-corrected chi connectivity index (χ4v) is 3.08. The van der Waals surface area contributed by atoms with Gasteiger partial charge < -0.3 is 10.3 Å². The summed E-state index contributed by atoms with van der Waals surface area (Å²) < 4.78 is 10.9. The molecule has 0 rings (SSSR count). The van der Waals surface area contributed by atoms with Crippen molar-refractivity contribution < 1.29 is 61.7 Å². The summed E-state index contributed by atoms with van der Waals surface area (Å²) in [6.07, 6.45) is 1.11. The molecule has 5 heteroatoms. The predicted octanol–water partition coefficient (Wildman–Crippen LogP) is -1.28. The largest absolute Gasteiger partial charge is 1.00 e. The van der Waals surface area contributed by atoms with E-state index in [1.54, 1.807) is 0 Å². The van der Waals surface area contributed by atoms with Crippen LogP contribution in [0, 0.1) is 0 Å². The van der Waals surface area contributed by atoms with Gasteiger partial charge in [-0.15, -0.1) is 0 Å². The van der Waals surface area contributed by atoms with Gasteiger partial charge in [0.05, 0.1) is 0 Å². The summed E-state index contributed by atoms with van der Waals surface area (Å²) in [7, 11) is -1.30. The zero-order valence-electron chi connectivity index (χ0n) is 9.38. The Labute approximate surface area is 127 Å². The van der Waals surface area contributed by atoms with E-state index in [1.807, 2.05) is 13.8 Å². The van der Waals surface area contributed by atoms with E-state index < -0.39 is 9.28 Å². The third-order valence-electron chi connectivity index (χ3n) is 1.30. The van der Waals surface area contributed by atoms with Crippen LogP contribution in [0.15, 0.2) is 0 Å². The fraction of sp³-hybridized carbons (Fsp3) is 1.00. The van der Waals surface area contributed by atoms with Crippen LogP contribution in [0.3, 0.4) is 0 Å². The normalized spacial score (nSPS) is 10.0. The first kappa shape index (κ1) is 16.5. The number of thiol groups is 1. The van der Waals surface area contributed by atoms with Crippen LogP contribution >= 0.6 is 12.6 Å². The molecule has 0 aromatic heterocycles. The summed E-state index contributed by atoms with van der Waals surface area (Å²) in [5.41, 5.74) is 0. The van der Waals surface area contributed by atoms with Crippen molar-refractivity contribution in [2.24, 2.45) is 0 Å². The van der Waals surface area contributed by atoms with E-state index in [0.717, 1.165) is 31.4 Å². The van der Waals surface area contributed by atoms with Gasteiger partial charge in [-0.2, -0.15) is 12.6 Å². The Bertz CT molecular complexity index is 86.9. The topological polar surface area (TPSA) is 18.5 Å². The van der Waals surface area contributed by atoms with Crippen LogP contribution < -0.4 is 51.4 Å². The maximum Gasteiger partial charge on any atom is 1.00 e. The zero-order valence-corrected chi connectivity index (χ0v) is 13.5. The Balaban J connectivity index is -0.000000500. The fourth-order valence-electron chi connectivity index (χ4n) is 0.845. The van der Waals surface area contributed by atoms with Crippen LogP contribution in [0.2, 0.25) is 6.04 Å². The van der Waals surface area contributed by atoms with Gasteiger partial charge in [-0.05, 0) is 32.1 Å². The van der Waals surface area contributed by atoms with Gasteiger partial charge in [0.2, 0.25) is 0 Å². The van der Waals surface area contributed by atoms with E-state index >= 15 is 0 Å². The van der Waals surface area contributed by atoms with Gasteiger partial charge in [0, 0.05) is 13.2 Å². The summed E-state index contributed by atoms with van der Waals surface area (Å²) in [5, 5.41) is 0.